The molecule has 0 aromatic heterocycles. The van der Waals surface area contributed by atoms with Crippen LogP contribution in [0.25, 0.3) is 0 Å². The highest BCUT2D eigenvalue weighted by molar-refractivity contribution is 9.10. The van der Waals surface area contributed by atoms with Crippen molar-refractivity contribution in [3.8, 4) is 0 Å². The average molecular weight is 280 g/mol. The van der Waals surface area contributed by atoms with Crippen molar-refractivity contribution in [1.82, 2.24) is 0 Å². The van der Waals surface area contributed by atoms with Crippen molar-refractivity contribution < 1.29 is 13.7 Å². The van der Waals surface area contributed by atoms with Crippen LogP contribution in [-0.4, -0.2) is 13.7 Å². The Labute approximate surface area is 90.7 Å². The Hall–Kier alpha value is -0.790. The summed E-state index contributed by atoms with van der Waals surface area (Å²) < 4.78 is 19.8. The number of rotatable bonds is 3. The summed E-state index contributed by atoms with van der Waals surface area (Å²) in [6.45, 7) is 0. The molecule has 0 saturated carbocycles. The zero-order valence-corrected chi connectivity index (χ0v) is 9.25. The standard InChI is InChI=1S/C7H6BrNO4S/c8-6-1-2-7(9(10)11)5(3-6)4-14(12)13/h1-3H,4H2,(H,12,13). The highest BCUT2D eigenvalue weighted by atomic mass is 79.9. The monoisotopic (exact) mass is 279 g/mol. The van der Waals surface area contributed by atoms with Gasteiger partial charge in [0.05, 0.1) is 10.7 Å². The Morgan fingerprint density at radius 3 is 2.71 bits per heavy atom. The average Bonchev–Trinajstić information content (AvgIpc) is 2.01. The smallest absolute Gasteiger partial charge is 0.273 e. The molecule has 0 aliphatic carbocycles. The number of nitro groups is 1. The van der Waals surface area contributed by atoms with E-state index in [0.717, 1.165) is 0 Å². The van der Waals surface area contributed by atoms with Gasteiger partial charge in [0.2, 0.25) is 0 Å². The van der Waals surface area contributed by atoms with E-state index in [1.54, 1.807) is 0 Å². The summed E-state index contributed by atoms with van der Waals surface area (Å²) in [6, 6.07) is 4.28. The molecule has 5 nitrogen and oxygen atoms in total. The van der Waals surface area contributed by atoms with Gasteiger partial charge in [0.1, 0.15) is 0 Å². The lowest BCUT2D eigenvalue weighted by molar-refractivity contribution is -0.385. The molecule has 1 aromatic rings. The fourth-order valence-electron chi connectivity index (χ4n) is 0.981. The Bertz CT molecular complexity index is 395. The lowest BCUT2D eigenvalue weighted by atomic mass is 10.2. The van der Waals surface area contributed by atoms with E-state index < -0.39 is 16.0 Å². The van der Waals surface area contributed by atoms with Gasteiger partial charge in [0.15, 0.2) is 11.1 Å². The third-order valence-electron chi connectivity index (χ3n) is 1.52. The Morgan fingerprint density at radius 2 is 2.21 bits per heavy atom. The number of halogens is 1. The lowest BCUT2D eigenvalue weighted by Gasteiger charge is -2.00. The molecule has 1 unspecified atom stereocenters. The second-order valence-corrected chi connectivity index (χ2v) is 4.34. The van der Waals surface area contributed by atoms with Crippen LogP contribution in [0, 0.1) is 10.1 Å². The maximum Gasteiger partial charge on any atom is 0.273 e. The van der Waals surface area contributed by atoms with Crippen LogP contribution < -0.4 is 0 Å². The first kappa shape index (κ1) is 11.3. The van der Waals surface area contributed by atoms with Crippen LogP contribution in [0.2, 0.25) is 0 Å². The van der Waals surface area contributed by atoms with Crippen LogP contribution >= 0.6 is 15.9 Å². The minimum atomic E-state index is -2.08. The van der Waals surface area contributed by atoms with E-state index in [-0.39, 0.29) is 17.0 Å². The van der Waals surface area contributed by atoms with E-state index in [2.05, 4.69) is 15.9 Å². The first-order valence-electron chi connectivity index (χ1n) is 3.51. The van der Waals surface area contributed by atoms with Crippen LogP contribution in [0.3, 0.4) is 0 Å². The summed E-state index contributed by atoms with van der Waals surface area (Å²) in [5, 5.41) is 10.5. The second kappa shape index (κ2) is 4.63. The quantitative estimate of drug-likeness (QED) is 0.522. The molecule has 14 heavy (non-hydrogen) atoms. The summed E-state index contributed by atoms with van der Waals surface area (Å²) >= 11 is 1.06. The van der Waals surface area contributed by atoms with Gasteiger partial charge < -0.3 is 4.55 Å². The molecule has 0 aliphatic heterocycles. The highest BCUT2D eigenvalue weighted by Gasteiger charge is 2.15. The molecule has 0 radical (unpaired) electrons. The minimum absolute atomic E-state index is 0.143. The molecule has 7 heteroatoms. The molecule has 0 spiro atoms. The topological polar surface area (TPSA) is 80.4 Å². The lowest BCUT2D eigenvalue weighted by Crippen LogP contribution is -1.99. The van der Waals surface area contributed by atoms with Crippen molar-refractivity contribution in [2.24, 2.45) is 0 Å². The molecule has 1 aromatic carbocycles. The fourth-order valence-corrected chi connectivity index (χ4v) is 1.89. The van der Waals surface area contributed by atoms with E-state index in [1.807, 2.05) is 0 Å². The van der Waals surface area contributed by atoms with Crippen LogP contribution in [0.1, 0.15) is 5.56 Å². The molecule has 0 bridgehead atoms. The van der Waals surface area contributed by atoms with Gasteiger partial charge in [-0.3, -0.25) is 10.1 Å². The van der Waals surface area contributed by atoms with Gasteiger partial charge in [-0.1, -0.05) is 15.9 Å². The van der Waals surface area contributed by atoms with Crippen molar-refractivity contribution >= 4 is 32.7 Å². The van der Waals surface area contributed by atoms with Crippen molar-refractivity contribution in [3.63, 3.8) is 0 Å². The Morgan fingerprint density at radius 1 is 1.57 bits per heavy atom. The molecule has 76 valence electrons. The van der Waals surface area contributed by atoms with Gasteiger partial charge in [-0.2, -0.15) is 0 Å². The SMILES string of the molecule is O=[N+]([O-])c1ccc(Br)cc1CS(=O)O. The molecule has 0 saturated heterocycles. The van der Waals surface area contributed by atoms with E-state index in [4.69, 9.17) is 4.55 Å². The van der Waals surface area contributed by atoms with Crippen molar-refractivity contribution in [2.75, 3.05) is 0 Å². The summed E-state index contributed by atoms with van der Waals surface area (Å²) in [5.74, 6) is -0.240. The van der Waals surface area contributed by atoms with Gasteiger partial charge in [-0.15, -0.1) is 0 Å². The van der Waals surface area contributed by atoms with Gasteiger partial charge in [-0.25, -0.2) is 4.21 Å². The van der Waals surface area contributed by atoms with Gasteiger partial charge in [0.25, 0.3) is 5.69 Å². The fraction of sp³-hybridized carbons (Fsp3) is 0.143. The molecule has 1 N–H and O–H groups in total. The Kier molecular flexibility index (Phi) is 3.73. The van der Waals surface area contributed by atoms with Crippen LogP contribution in [0.4, 0.5) is 5.69 Å². The van der Waals surface area contributed by atoms with Crippen LogP contribution in [0.5, 0.6) is 0 Å². The zero-order chi connectivity index (χ0) is 10.7. The molecular weight excluding hydrogens is 274 g/mol. The van der Waals surface area contributed by atoms with Crippen LogP contribution in [0.15, 0.2) is 22.7 Å². The van der Waals surface area contributed by atoms with E-state index in [9.17, 15) is 14.3 Å². The van der Waals surface area contributed by atoms with Gasteiger partial charge in [0, 0.05) is 16.1 Å². The number of hydrogen-bond acceptors (Lipinski definition) is 3. The van der Waals surface area contributed by atoms with E-state index >= 15 is 0 Å². The van der Waals surface area contributed by atoms with Crippen molar-refractivity contribution in [1.29, 1.82) is 0 Å². The zero-order valence-electron chi connectivity index (χ0n) is 6.84. The van der Waals surface area contributed by atoms with Gasteiger partial charge in [-0.05, 0) is 12.1 Å². The maximum atomic E-state index is 10.5. The molecule has 0 amide bonds. The highest BCUT2D eigenvalue weighted by Crippen LogP contribution is 2.23. The second-order valence-electron chi connectivity index (χ2n) is 2.50. The molecule has 1 rings (SSSR count). The molecule has 0 aliphatic rings. The molecule has 0 heterocycles. The first-order chi connectivity index (χ1) is 6.50. The number of nitro benzene ring substituents is 1. The van der Waals surface area contributed by atoms with Crippen molar-refractivity contribution in [3.05, 3.63) is 38.3 Å². The summed E-state index contributed by atoms with van der Waals surface area (Å²) in [7, 11) is 0. The predicted octanol–water partition coefficient (Wildman–Crippen LogP) is 2.08. The summed E-state index contributed by atoms with van der Waals surface area (Å²) in [4.78, 5) is 9.95. The third-order valence-corrected chi connectivity index (χ3v) is 2.57. The van der Waals surface area contributed by atoms with Crippen LogP contribution in [-0.2, 0) is 16.8 Å². The molecule has 1 atom stereocenters. The third kappa shape index (κ3) is 2.86. The number of nitrogens with zero attached hydrogens (tertiary/aromatic N) is 1. The van der Waals surface area contributed by atoms with Gasteiger partial charge >= 0.3 is 0 Å². The van der Waals surface area contributed by atoms with E-state index in [0.29, 0.717) is 4.47 Å². The Balaban J connectivity index is 3.15. The van der Waals surface area contributed by atoms with Crippen molar-refractivity contribution in [2.45, 2.75) is 5.75 Å². The summed E-state index contributed by atoms with van der Waals surface area (Å²) in [6.07, 6.45) is 0. The maximum absolute atomic E-state index is 10.5. The first-order valence-corrected chi connectivity index (χ1v) is 5.58. The number of benzene rings is 1. The largest absolute Gasteiger partial charge is 0.306 e. The molecule has 0 fully saturated rings. The van der Waals surface area contributed by atoms with E-state index in [1.165, 1.54) is 18.2 Å². The predicted molar refractivity (Wildman–Crippen MR) is 55.3 cm³/mol. The molecular formula is C7H6BrNO4S. The number of hydrogen-bond donors (Lipinski definition) is 1. The summed E-state index contributed by atoms with van der Waals surface area (Å²) in [5.41, 5.74) is 0.0980. The minimum Gasteiger partial charge on any atom is -0.306 e. The normalized spacial score (nSPS) is 12.4.